The number of hydrogen-bond donors (Lipinski definition) is 0. The molecule has 0 bridgehead atoms. The first-order valence-electron chi connectivity index (χ1n) is 11.5. The van der Waals surface area contributed by atoms with E-state index in [1.807, 2.05) is 6.07 Å². The highest BCUT2D eigenvalue weighted by atomic mass is 32.2. The number of sulfone groups is 1. The normalized spacial score (nSPS) is 17.3. The predicted octanol–water partition coefficient (Wildman–Crippen LogP) is 3.48. The molecule has 2 aliphatic heterocycles. The third-order valence-electron chi connectivity index (χ3n) is 6.68. The van der Waals surface area contributed by atoms with Crippen LogP contribution < -0.4 is 4.90 Å². The minimum Gasteiger partial charge on any atom is -0.342 e. The number of rotatable bonds is 5. The summed E-state index contributed by atoms with van der Waals surface area (Å²) in [6.07, 6.45) is 1.44. The second-order valence-corrected chi connectivity index (χ2v) is 12.8. The van der Waals surface area contributed by atoms with E-state index in [0.717, 1.165) is 4.90 Å². The summed E-state index contributed by atoms with van der Waals surface area (Å²) in [5.41, 5.74) is 1.84. The number of likely N-dealkylation sites (tertiary alicyclic amines) is 1. The molecule has 4 rings (SSSR count). The maximum absolute atomic E-state index is 12.9. The third kappa shape index (κ3) is 4.64. The van der Waals surface area contributed by atoms with E-state index in [2.05, 4.69) is 0 Å². The number of hydrogen-bond acceptors (Lipinski definition) is 5. The molecule has 7 nitrogen and oxygen atoms in total. The van der Waals surface area contributed by atoms with Gasteiger partial charge in [0, 0.05) is 13.1 Å². The number of amides is 3. The molecule has 0 radical (unpaired) electrons. The number of piperidine rings is 1. The van der Waals surface area contributed by atoms with Crippen LogP contribution in [0.25, 0.3) is 0 Å². The summed E-state index contributed by atoms with van der Waals surface area (Å²) in [6, 6.07) is 13.8. The molecule has 34 heavy (non-hydrogen) atoms. The summed E-state index contributed by atoms with van der Waals surface area (Å²) >= 11 is 0. The smallest absolute Gasteiger partial charge is 0.266 e. The summed E-state index contributed by atoms with van der Waals surface area (Å²) in [7, 11) is -3.19. The van der Waals surface area contributed by atoms with E-state index < -0.39 is 14.6 Å². The fraction of sp³-hybridized carbons (Fsp3) is 0.423. The number of fused-ring (bicyclic) bond motifs is 1. The number of anilines is 1. The number of carbonyl (C=O) groups excluding carboxylic acids is 3. The molecule has 1 fully saturated rings. The molecule has 2 aromatic carbocycles. The van der Waals surface area contributed by atoms with Gasteiger partial charge in [-0.1, -0.05) is 24.3 Å². The van der Waals surface area contributed by atoms with Gasteiger partial charge in [-0.15, -0.1) is 0 Å². The first kappa shape index (κ1) is 24.1. The molecule has 1 saturated heterocycles. The van der Waals surface area contributed by atoms with Gasteiger partial charge in [-0.3, -0.25) is 14.4 Å². The topological polar surface area (TPSA) is 91.8 Å². The second-order valence-electron chi connectivity index (χ2n) is 10.1. The quantitative estimate of drug-likeness (QED) is 0.609. The van der Waals surface area contributed by atoms with Crippen molar-refractivity contribution in [1.82, 2.24) is 4.90 Å². The number of nitrogens with zero attached hydrogens (tertiary/aromatic N) is 2. The van der Waals surface area contributed by atoms with E-state index in [1.54, 1.807) is 68.1 Å². The van der Waals surface area contributed by atoms with Crippen molar-refractivity contribution in [3.8, 4) is 0 Å². The first-order valence-corrected chi connectivity index (χ1v) is 13.2. The largest absolute Gasteiger partial charge is 0.342 e. The van der Waals surface area contributed by atoms with Gasteiger partial charge in [0.2, 0.25) is 5.91 Å². The maximum Gasteiger partial charge on any atom is 0.266 e. The van der Waals surface area contributed by atoms with E-state index in [9.17, 15) is 22.8 Å². The fourth-order valence-corrected chi connectivity index (χ4v) is 5.86. The maximum atomic E-state index is 12.9. The van der Waals surface area contributed by atoms with Crippen molar-refractivity contribution in [1.29, 1.82) is 0 Å². The van der Waals surface area contributed by atoms with Gasteiger partial charge in [-0.25, -0.2) is 13.3 Å². The van der Waals surface area contributed by atoms with Gasteiger partial charge in [0.05, 0.1) is 33.7 Å². The highest BCUT2D eigenvalue weighted by Gasteiger charge is 2.37. The summed E-state index contributed by atoms with van der Waals surface area (Å²) < 4.78 is 24.2. The van der Waals surface area contributed by atoms with Crippen LogP contribution in [0, 0.1) is 5.92 Å². The van der Waals surface area contributed by atoms with Crippen molar-refractivity contribution in [3.63, 3.8) is 0 Å². The van der Waals surface area contributed by atoms with Gasteiger partial charge in [0.1, 0.15) is 0 Å². The predicted molar refractivity (Wildman–Crippen MR) is 131 cm³/mol. The lowest BCUT2D eigenvalue weighted by atomic mass is 9.98. The monoisotopic (exact) mass is 482 g/mol. The summed E-state index contributed by atoms with van der Waals surface area (Å²) in [5, 5.41) is 0. The highest BCUT2D eigenvalue weighted by molar-refractivity contribution is 7.92. The second kappa shape index (κ2) is 8.98. The lowest BCUT2D eigenvalue weighted by molar-refractivity contribution is -0.131. The molecule has 0 aromatic heterocycles. The molecular weight excluding hydrogens is 452 g/mol. The Morgan fingerprint density at radius 2 is 1.56 bits per heavy atom. The van der Waals surface area contributed by atoms with Crippen LogP contribution in [0.4, 0.5) is 5.69 Å². The molecule has 0 aliphatic carbocycles. The van der Waals surface area contributed by atoms with E-state index in [0.29, 0.717) is 48.3 Å². The molecular formula is C26H30N2O5S. The van der Waals surface area contributed by atoms with Crippen molar-refractivity contribution >= 4 is 33.2 Å². The van der Waals surface area contributed by atoms with E-state index in [-0.39, 0.29) is 35.8 Å². The molecule has 0 atom stereocenters. The van der Waals surface area contributed by atoms with Gasteiger partial charge in [-0.05, 0) is 69.4 Å². The van der Waals surface area contributed by atoms with E-state index >= 15 is 0 Å². The van der Waals surface area contributed by atoms with Gasteiger partial charge >= 0.3 is 0 Å². The molecule has 180 valence electrons. The Bertz CT molecular complexity index is 1220. The Morgan fingerprint density at radius 3 is 2.18 bits per heavy atom. The zero-order valence-corrected chi connectivity index (χ0v) is 20.6. The van der Waals surface area contributed by atoms with Crippen molar-refractivity contribution in [2.45, 2.75) is 44.8 Å². The molecule has 2 heterocycles. The van der Waals surface area contributed by atoms with Crippen LogP contribution in [-0.2, 0) is 21.1 Å². The highest BCUT2D eigenvalue weighted by Crippen LogP contribution is 2.29. The number of carbonyl (C=O) groups is 3. The van der Waals surface area contributed by atoms with Crippen LogP contribution in [0.1, 0.15) is 59.9 Å². The minimum absolute atomic E-state index is 0.0564. The molecule has 0 spiro atoms. The van der Waals surface area contributed by atoms with Crippen LogP contribution in [0.15, 0.2) is 48.5 Å². The van der Waals surface area contributed by atoms with Crippen LogP contribution in [0.3, 0.4) is 0 Å². The molecule has 2 aliphatic rings. The van der Waals surface area contributed by atoms with Gasteiger partial charge in [0.25, 0.3) is 11.8 Å². The first-order chi connectivity index (χ1) is 16.0. The van der Waals surface area contributed by atoms with Gasteiger partial charge in [0.15, 0.2) is 9.84 Å². The zero-order chi connectivity index (χ0) is 24.7. The number of imide groups is 1. The Balaban J connectivity index is 1.39. The van der Waals surface area contributed by atoms with Crippen LogP contribution in [0.5, 0.6) is 0 Å². The molecule has 8 heteroatoms. The average Bonchev–Trinajstić information content (AvgIpc) is 3.03. The summed E-state index contributed by atoms with van der Waals surface area (Å²) in [4.78, 5) is 41.5. The lowest BCUT2D eigenvalue weighted by Gasteiger charge is -2.33. The van der Waals surface area contributed by atoms with Crippen molar-refractivity contribution < 1.29 is 22.8 Å². The molecule has 0 N–H and O–H groups in total. The summed E-state index contributed by atoms with van der Waals surface area (Å²) in [6.45, 7) is 6.19. The molecule has 2 aromatic rings. The van der Waals surface area contributed by atoms with Crippen LogP contribution in [0.2, 0.25) is 0 Å². The van der Waals surface area contributed by atoms with Crippen molar-refractivity contribution in [3.05, 3.63) is 65.2 Å². The van der Waals surface area contributed by atoms with E-state index in [1.165, 1.54) is 0 Å². The van der Waals surface area contributed by atoms with E-state index in [4.69, 9.17) is 0 Å². The van der Waals surface area contributed by atoms with Crippen molar-refractivity contribution in [2.24, 2.45) is 5.92 Å². The van der Waals surface area contributed by atoms with Gasteiger partial charge in [-0.2, -0.15) is 0 Å². The SMILES string of the molecule is CC(C)(C)S(=O)(=O)CC1CCN(C(=O)Cc2ccc3c(c2)C(=O)N(c2ccccc2)C3=O)CC1. The molecule has 0 saturated carbocycles. The summed E-state index contributed by atoms with van der Waals surface area (Å²) in [5.74, 6) is -0.607. The molecule has 0 unspecified atom stereocenters. The molecule has 3 amide bonds. The minimum atomic E-state index is -3.19. The standard InChI is InChI=1S/C26H30N2O5S/c1-26(2,3)34(32,33)17-18-11-13-27(14-12-18)23(29)16-19-9-10-21-22(15-19)25(31)28(24(21)30)20-7-5-4-6-8-20/h4-10,15,18H,11-14,16-17H2,1-3H3. The van der Waals surface area contributed by atoms with Crippen LogP contribution >= 0.6 is 0 Å². The van der Waals surface area contributed by atoms with Gasteiger partial charge < -0.3 is 4.90 Å². The third-order valence-corrected chi connectivity index (χ3v) is 9.45. The Labute approximate surface area is 200 Å². The number of benzene rings is 2. The fourth-order valence-electron chi connectivity index (χ4n) is 4.41. The van der Waals surface area contributed by atoms with Crippen LogP contribution in [-0.4, -0.2) is 54.6 Å². The average molecular weight is 483 g/mol. The number of para-hydroxylation sites is 1. The Hall–Kier alpha value is -3.00. The Kier molecular flexibility index (Phi) is 6.38. The zero-order valence-electron chi connectivity index (χ0n) is 19.8. The van der Waals surface area contributed by atoms with Crippen molar-refractivity contribution in [2.75, 3.05) is 23.7 Å². The Morgan fingerprint density at radius 1 is 0.941 bits per heavy atom. The lowest BCUT2D eigenvalue weighted by Crippen LogP contribution is -2.42.